The summed E-state index contributed by atoms with van der Waals surface area (Å²) in [5.41, 5.74) is 2.29. The number of nitrogens with zero attached hydrogens (tertiary/aromatic N) is 1. The van der Waals surface area contributed by atoms with Crippen molar-refractivity contribution in [2.75, 3.05) is 12.4 Å². The summed E-state index contributed by atoms with van der Waals surface area (Å²) in [6.45, 7) is 0.306. The Morgan fingerprint density at radius 2 is 1.85 bits per heavy atom. The Morgan fingerprint density at radius 3 is 2.46 bits per heavy atom. The number of pyridine rings is 1. The van der Waals surface area contributed by atoms with Crippen molar-refractivity contribution in [1.29, 1.82) is 0 Å². The average Bonchev–Trinajstić information content (AvgIpc) is 3.20. The van der Waals surface area contributed by atoms with Gasteiger partial charge in [0, 0.05) is 5.69 Å². The molecule has 7 nitrogen and oxygen atoms in total. The van der Waals surface area contributed by atoms with Crippen LogP contribution in [0.25, 0.3) is 0 Å². The van der Waals surface area contributed by atoms with Gasteiger partial charge in [-0.3, -0.25) is 4.79 Å². The largest absolute Gasteiger partial charge is 0.467 e. The van der Waals surface area contributed by atoms with Crippen molar-refractivity contribution in [3.05, 3.63) is 78.0 Å². The van der Waals surface area contributed by atoms with E-state index in [1.807, 2.05) is 0 Å². The van der Waals surface area contributed by atoms with E-state index in [0.29, 0.717) is 23.6 Å². The molecule has 7 heteroatoms. The van der Waals surface area contributed by atoms with Gasteiger partial charge < -0.3 is 19.8 Å². The van der Waals surface area contributed by atoms with E-state index in [0.717, 1.165) is 11.4 Å². The first-order valence-electron chi connectivity index (χ1n) is 7.88. The number of benzene rings is 1. The van der Waals surface area contributed by atoms with Gasteiger partial charge in [-0.15, -0.1) is 0 Å². The van der Waals surface area contributed by atoms with E-state index in [4.69, 9.17) is 4.42 Å². The van der Waals surface area contributed by atoms with Crippen LogP contribution in [0.2, 0.25) is 0 Å². The van der Waals surface area contributed by atoms with Crippen LogP contribution in [0, 0.1) is 0 Å². The number of carbonyl (C=O) groups excluding carboxylic acids is 2. The molecule has 3 aromatic rings. The van der Waals surface area contributed by atoms with Gasteiger partial charge in [-0.2, -0.15) is 0 Å². The molecule has 0 saturated heterocycles. The SMILES string of the molecule is COC(=O)c1ccc(Nc2ccc(C(=O)NCc3ccco3)nc2)cc1. The number of anilines is 2. The molecular formula is C19H17N3O4. The number of methoxy groups -OCH3 is 1. The molecule has 1 amide bonds. The predicted octanol–water partition coefficient (Wildman–Crippen LogP) is 3.13. The van der Waals surface area contributed by atoms with E-state index < -0.39 is 0 Å². The Balaban J connectivity index is 1.58. The van der Waals surface area contributed by atoms with Crippen molar-refractivity contribution in [3.8, 4) is 0 Å². The van der Waals surface area contributed by atoms with Gasteiger partial charge in [-0.05, 0) is 48.5 Å². The molecule has 2 aromatic heterocycles. The first-order chi connectivity index (χ1) is 12.7. The van der Waals surface area contributed by atoms with Crippen LogP contribution < -0.4 is 10.6 Å². The number of ether oxygens (including phenoxy) is 1. The summed E-state index contributed by atoms with van der Waals surface area (Å²) >= 11 is 0. The summed E-state index contributed by atoms with van der Waals surface area (Å²) in [7, 11) is 1.34. The van der Waals surface area contributed by atoms with Gasteiger partial charge in [0.15, 0.2) is 0 Å². The second-order valence-corrected chi connectivity index (χ2v) is 5.39. The van der Waals surface area contributed by atoms with Crippen molar-refractivity contribution in [2.45, 2.75) is 6.54 Å². The summed E-state index contributed by atoms with van der Waals surface area (Å²) in [5.74, 6) is 0.00514. The number of carbonyl (C=O) groups is 2. The molecular weight excluding hydrogens is 334 g/mol. The molecule has 0 radical (unpaired) electrons. The predicted molar refractivity (Wildman–Crippen MR) is 95.2 cm³/mol. The number of amides is 1. The summed E-state index contributed by atoms with van der Waals surface area (Å²) in [5, 5.41) is 5.88. The first-order valence-corrected chi connectivity index (χ1v) is 7.88. The molecule has 2 N–H and O–H groups in total. The quantitative estimate of drug-likeness (QED) is 0.663. The highest BCUT2D eigenvalue weighted by Crippen LogP contribution is 2.17. The highest BCUT2D eigenvalue weighted by molar-refractivity contribution is 5.92. The summed E-state index contributed by atoms with van der Waals surface area (Å²) in [4.78, 5) is 27.6. The zero-order chi connectivity index (χ0) is 18.4. The number of furan rings is 1. The third kappa shape index (κ3) is 4.27. The summed E-state index contributed by atoms with van der Waals surface area (Å²) in [6, 6.07) is 13.8. The Labute approximate surface area is 150 Å². The number of hydrogen-bond acceptors (Lipinski definition) is 6. The van der Waals surface area contributed by atoms with Crippen LogP contribution in [0.15, 0.2) is 65.4 Å². The molecule has 0 aliphatic rings. The lowest BCUT2D eigenvalue weighted by Gasteiger charge is -2.08. The monoisotopic (exact) mass is 351 g/mol. The molecule has 26 heavy (non-hydrogen) atoms. The van der Waals surface area contributed by atoms with Gasteiger partial charge in [0.2, 0.25) is 0 Å². The van der Waals surface area contributed by atoms with E-state index in [2.05, 4.69) is 20.4 Å². The lowest BCUT2D eigenvalue weighted by atomic mass is 10.2. The van der Waals surface area contributed by atoms with Gasteiger partial charge in [0.1, 0.15) is 11.5 Å². The molecule has 3 rings (SSSR count). The minimum atomic E-state index is -0.386. The molecule has 0 aliphatic heterocycles. The lowest BCUT2D eigenvalue weighted by Crippen LogP contribution is -2.23. The van der Waals surface area contributed by atoms with Crippen molar-refractivity contribution in [2.24, 2.45) is 0 Å². The third-order valence-electron chi connectivity index (χ3n) is 3.59. The van der Waals surface area contributed by atoms with Crippen LogP contribution in [0.3, 0.4) is 0 Å². The van der Waals surface area contributed by atoms with Gasteiger partial charge in [-0.1, -0.05) is 0 Å². The number of nitrogens with one attached hydrogen (secondary N) is 2. The van der Waals surface area contributed by atoms with E-state index in [-0.39, 0.29) is 11.9 Å². The minimum Gasteiger partial charge on any atom is -0.467 e. The molecule has 0 bridgehead atoms. The smallest absolute Gasteiger partial charge is 0.337 e. The van der Waals surface area contributed by atoms with Crippen LogP contribution in [-0.2, 0) is 11.3 Å². The molecule has 0 aliphatic carbocycles. The van der Waals surface area contributed by atoms with Crippen molar-refractivity contribution in [1.82, 2.24) is 10.3 Å². The molecule has 0 fully saturated rings. The molecule has 0 atom stereocenters. The second kappa shape index (κ2) is 7.98. The fourth-order valence-electron chi connectivity index (χ4n) is 2.25. The number of aromatic nitrogens is 1. The van der Waals surface area contributed by atoms with E-state index in [9.17, 15) is 9.59 Å². The third-order valence-corrected chi connectivity index (χ3v) is 3.59. The fourth-order valence-corrected chi connectivity index (χ4v) is 2.25. The van der Waals surface area contributed by atoms with Crippen LogP contribution >= 0.6 is 0 Å². The minimum absolute atomic E-state index is 0.282. The zero-order valence-electron chi connectivity index (χ0n) is 14.1. The fraction of sp³-hybridized carbons (Fsp3) is 0.105. The average molecular weight is 351 g/mol. The number of hydrogen-bond donors (Lipinski definition) is 2. The Kier molecular flexibility index (Phi) is 5.28. The number of rotatable bonds is 6. The summed E-state index contributed by atoms with van der Waals surface area (Å²) < 4.78 is 9.82. The van der Waals surface area contributed by atoms with Crippen LogP contribution in [0.4, 0.5) is 11.4 Å². The first kappa shape index (κ1) is 17.2. The normalized spacial score (nSPS) is 10.2. The van der Waals surface area contributed by atoms with E-state index in [1.54, 1.807) is 61.0 Å². The molecule has 0 spiro atoms. The molecule has 0 unspecified atom stereocenters. The molecule has 132 valence electrons. The van der Waals surface area contributed by atoms with Gasteiger partial charge in [-0.25, -0.2) is 9.78 Å². The van der Waals surface area contributed by atoms with Gasteiger partial charge in [0.25, 0.3) is 5.91 Å². The highest BCUT2D eigenvalue weighted by atomic mass is 16.5. The van der Waals surface area contributed by atoms with Gasteiger partial charge >= 0.3 is 5.97 Å². The van der Waals surface area contributed by atoms with E-state index >= 15 is 0 Å². The highest BCUT2D eigenvalue weighted by Gasteiger charge is 2.08. The standard InChI is InChI=1S/C19H17N3O4/c1-25-19(24)13-4-6-14(7-5-13)22-15-8-9-17(20-11-15)18(23)21-12-16-3-2-10-26-16/h2-11,22H,12H2,1H3,(H,21,23). The maximum Gasteiger partial charge on any atom is 0.337 e. The second-order valence-electron chi connectivity index (χ2n) is 5.39. The van der Waals surface area contributed by atoms with Crippen LogP contribution in [-0.4, -0.2) is 24.0 Å². The topological polar surface area (TPSA) is 93.5 Å². The maximum atomic E-state index is 12.1. The summed E-state index contributed by atoms with van der Waals surface area (Å²) in [6.07, 6.45) is 3.12. The van der Waals surface area contributed by atoms with Crippen molar-refractivity contribution in [3.63, 3.8) is 0 Å². The van der Waals surface area contributed by atoms with Gasteiger partial charge in [0.05, 0.1) is 37.4 Å². The molecule has 1 aromatic carbocycles. The van der Waals surface area contributed by atoms with E-state index in [1.165, 1.54) is 7.11 Å². The number of esters is 1. The maximum absolute atomic E-state index is 12.1. The van der Waals surface area contributed by atoms with Crippen molar-refractivity contribution < 1.29 is 18.7 Å². The van der Waals surface area contributed by atoms with Crippen LogP contribution in [0.5, 0.6) is 0 Å². The Bertz CT molecular complexity index is 872. The van der Waals surface area contributed by atoms with Crippen molar-refractivity contribution >= 4 is 23.3 Å². The molecule has 2 heterocycles. The Morgan fingerprint density at radius 1 is 1.08 bits per heavy atom. The Hall–Kier alpha value is -3.61. The molecule has 0 saturated carbocycles. The lowest BCUT2D eigenvalue weighted by molar-refractivity contribution is 0.0600. The zero-order valence-corrected chi connectivity index (χ0v) is 14.1. The van der Waals surface area contributed by atoms with Crippen LogP contribution in [0.1, 0.15) is 26.6 Å².